The molecule has 1 saturated heterocycles. The second-order valence-electron chi connectivity index (χ2n) is 3.93. The minimum absolute atomic E-state index is 0.0203. The second-order valence-corrected chi connectivity index (χ2v) is 3.93. The summed E-state index contributed by atoms with van der Waals surface area (Å²) in [5, 5.41) is 3.32. The van der Waals surface area contributed by atoms with Crippen molar-refractivity contribution >= 4 is 5.82 Å². The van der Waals surface area contributed by atoms with Gasteiger partial charge < -0.3 is 14.8 Å². The molecule has 0 saturated carbocycles. The predicted molar refractivity (Wildman–Crippen MR) is 63.9 cm³/mol. The van der Waals surface area contributed by atoms with Crippen LogP contribution < -0.4 is 15.8 Å². The van der Waals surface area contributed by atoms with Crippen LogP contribution in [-0.4, -0.2) is 35.7 Å². The highest BCUT2D eigenvalue weighted by Crippen LogP contribution is 2.05. The maximum Gasteiger partial charge on any atom is 0.293 e. The standard InChI is InChI=1S/C11H18N4O/c1-2-14-9-6-13-10(11(14)16)15-7-3-4-12-5-8-15/h6,9,12H,2-5,7-8H2,1H3. The number of nitrogens with one attached hydrogen (secondary N) is 1. The van der Waals surface area contributed by atoms with Gasteiger partial charge in [-0.25, -0.2) is 4.98 Å². The van der Waals surface area contributed by atoms with E-state index in [9.17, 15) is 4.79 Å². The third-order valence-corrected chi connectivity index (χ3v) is 2.88. The van der Waals surface area contributed by atoms with Crippen LogP contribution in [0.4, 0.5) is 5.82 Å². The highest BCUT2D eigenvalue weighted by atomic mass is 16.1. The molecule has 0 radical (unpaired) electrons. The lowest BCUT2D eigenvalue weighted by Gasteiger charge is -2.20. The molecule has 5 heteroatoms. The fraction of sp³-hybridized carbons (Fsp3) is 0.636. The summed E-state index contributed by atoms with van der Waals surface area (Å²) in [4.78, 5) is 18.3. The van der Waals surface area contributed by atoms with E-state index in [1.807, 2.05) is 6.92 Å². The Balaban J connectivity index is 2.28. The van der Waals surface area contributed by atoms with Gasteiger partial charge in [0.1, 0.15) is 0 Å². The Bertz CT molecular complexity index is 393. The molecule has 0 spiro atoms. The van der Waals surface area contributed by atoms with E-state index in [0.29, 0.717) is 12.4 Å². The fourth-order valence-corrected chi connectivity index (χ4v) is 1.96. The quantitative estimate of drug-likeness (QED) is 0.769. The van der Waals surface area contributed by atoms with Crippen molar-refractivity contribution in [3.63, 3.8) is 0 Å². The number of hydrogen-bond acceptors (Lipinski definition) is 4. The number of rotatable bonds is 2. The van der Waals surface area contributed by atoms with Crippen LogP contribution >= 0.6 is 0 Å². The molecule has 1 aliphatic heterocycles. The summed E-state index contributed by atoms with van der Waals surface area (Å²) < 4.78 is 1.70. The zero-order chi connectivity index (χ0) is 11.4. The summed E-state index contributed by atoms with van der Waals surface area (Å²) in [6, 6.07) is 0. The number of aryl methyl sites for hydroxylation is 1. The average Bonchev–Trinajstić information content (AvgIpc) is 2.58. The van der Waals surface area contributed by atoms with E-state index in [-0.39, 0.29) is 5.56 Å². The van der Waals surface area contributed by atoms with E-state index in [2.05, 4.69) is 15.2 Å². The van der Waals surface area contributed by atoms with Crippen molar-refractivity contribution < 1.29 is 0 Å². The van der Waals surface area contributed by atoms with Crippen molar-refractivity contribution in [2.24, 2.45) is 0 Å². The van der Waals surface area contributed by atoms with Crippen molar-refractivity contribution in [3.05, 3.63) is 22.7 Å². The molecule has 2 heterocycles. The van der Waals surface area contributed by atoms with Crippen molar-refractivity contribution in [3.8, 4) is 0 Å². The Morgan fingerprint density at radius 2 is 2.31 bits per heavy atom. The highest BCUT2D eigenvalue weighted by molar-refractivity contribution is 5.35. The van der Waals surface area contributed by atoms with Crippen LogP contribution in [-0.2, 0) is 6.54 Å². The second kappa shape index (κ2) is 5.12. The molecule has 1 aromatic rings. The summed E-state index contributed by atoms with van der Waals surface area (Å²) in [6.07, 6.45) is 4.50. The van der Waals surface area contributed by atoms with Gasteiger partial charge in [0.25, 0.3) is 5.56 Å². The molecule has 1 fully saturated rings. The molecule has 0 bridgehead atoms. The Labute approximate surface area is 95.1 Å². The molecule has 0 aromatic carbocycles. The lowest BCUT2D eigenvalue weighted by molar-refractivity contribution is 0.698. The minimum atomic E-state index is 0.0203. The molecule has 0 unspecified atom stereocenters. The van der Waals surface area contributed by atoms with Gasteiger partial charge in [-0.3, -0.25) is 4.79 Å². The third kappa shape index (κ3) is 2.24. The van der Waals surface area contributed by atoms with Crippen LogP contribution in [0, 0.1) is 0 Å². The smallest absolute Gasteiger partial charge is 0.293 e. The lowest BCUT2D eigenvalue weighted by Crippen LogP contribution is -2.35. The van der Waals surface area contributed by atoms with Crippen molar-refractivity contribution in [1.82, 2.24) is 14.9 Å². The van der Waals surface area contributed by atoms with Gasteiger partial charge in [0, 0.05) is 38.6 Å². The minimum Gasteiger partial charge on any atom is -0.351 e. The Hall–Kier alpha value is -1.36. The van der Waals surface area contributed by atoms with Gasteiger partial charge >= 0.3 is 0 Å². The first kappa shape index (κ1) is 11.1. The van der Waals surface area contributed by atoms with E-state index in [1.165, 1.54) is 0 Å². The van der Waals surface area contributed by atoms with Crippen molar-refractivity contribution in [1.29, 1.82) is 0 Å². The Kier molecular flexibility index (Phi) is 3.56. The molecular weight excluding hydrogens is 204 g/mol. The topological polar surface area (TPSA) is 50.2 Å². The monoisotopic (exact) mass is 222 g/mol. The first-order chi connectivity index (χ1) is 7.83. The first-order valence-corrected chi connectivity index (χ1v) is 5.84. The van der Waals surface area contributed by atoms with Crippen LogP contribution in [0.2, 0.25) is 0 Å². The highest BCUT2D eigenvalue weighted by Gasteiger charge is 2.14. The summed E-state index contributed by atoms with van der Waals surface area (Å²) in [7, 11) is 0. The van der Waals surface area contributed by atoms with E-state index in [0.717, 1.165) is 32.6 Å². The fourth-order valence-electron chi connectivity index (χ4n) is 1.96. The summed E-state index contributed by atoms with van der Waals surface area (Å²) in [5.74, 6) is 0.591. The third-order valence-electron chi connectivity index (χ3n) is 2.88. The summed E-state index contributed by atoms with van der Waals surface area (Å²) in [5.41, 5.74) is 0.0203. The number of anilines is 1. The van der Waals surface area contributed by atoms with Crippen LogP contribution in [0.25, 0.3) is 0 Å². The largest absolute Gasteiger partial charge is 0.351 e. The maximum absolute atomic E-state index is 12.0. The van der Waals surface area contributed by atoms with Gasteiger partial charge in [-0.05, 0) is 19.9 Å². The van der Waals surface area contributed by atoms with E-state index in [1.54, 1.807) is 17.0 Å². The molecule has 16 heavy (non-hydrogen) atoms. The number of nitrogens with zero attached hydrogens (tertiary/aromatic N) is 3. The van der Waals surface area contributed by atoms with Crippen molar-refractivity contribution in [2.75, 3.05) is 31.1 Å². The summed E-state index contributed by atoms with van der Waals surface area (Å²) >= 11 is 0. The molecule has 0 aliphatic carbocycles. The zero-order valence-electron chi connectivity index (χ0n) is 9.65. The molecule has 1 aromatic heterocycles. The van der Waals surface area contributed by atoms with E-state index < -0.39 is 0 Å². The maximum atomic E-state index is 12.0. The molecule has 1 N–H and O–H groups in total. The van der Waals surface area contributed by atoms with Crippen LogP contribution in [0.1, 0.15) is 13.3 Å². The van der Waals surface area contributed by atoms with Crippen LogP contribution in [0.3, 0.4) is 0 Å². The molecular formula is C11H18N4O. The molecule has 0 amide bonds. The van der Waals surface area contributed by atoms with Gasteiger partial charge in [0.2, 0.25) is 0 Å². The van der Waals surface area contributed by atoms with Gasteiger partial charge in [-0.2, -0.15) is 0 Å². The van der Waals surface area contributed by atoms with Gasteiger partial charge in [0.05, 0.1) is 0 Å². The molecule has 2 rings (SSSR count). The number of aromatic nitrogens is 2. The normalized spacial score (nSPS) is 17.2. The Morgan fingerprint density at radius 3 is 3.12 bits per heavy atom. The van der Waals surface area contributed by atoms with E-state index >= 15 is 0 Å². The zero-order valence-corrected chi connectivity index (χ0v) is 9.65. The van der Waals surface area contributed by atoms with Crippen LogP contribution in [0.5, 0.6) is 0 Å². The first-order valence-electron chi connectivity index (χ1n) is 5.84. The average molecular weight is 222 g/mol. The van der Waals surface area contributed by atoms with Crippen molar-refractivity contribution in [2.45, 2.75) is 19.9 Å². The summed E-state index contributed by atoms with van der Waals surface area (Å²) in [6.45, 7) is 6.36. The van der Waals surface area contributed by atoms with E-state index in [4.69, 9.17) is 0 Å². The molecule has 5 nitrogen and oxygen atoms in total. The van der Waals surface area contributed by atoms with Gasteiger partial charge in [-0.1, -0.05) is 0 Å². The lowest BCUT2D eigenvalue weighted by atomic mass is 10.4. The van der Waals surface area contributed by atoms with Gasteiger partial charge in [-0.15, -0.1) is 0 Å². The SMILES string of the molecule is CCn1ccnc(N2CCCNCC2)c1=O. The number of hydrogen-bond donors (Lipinski definition) is 1. The molecule has 0 atom stereocenters. The molecule has 88 valence electrons. The Morgan fingerprint density at radius 1 is 1.44 bits per heavy atom. The van der Waals surface area contributed by atoms with Crippen LogP contribution in [0.15, 0.2) is 17.2 Å². The van der Waals surface area contributed by atoms with Gasteiger partial charge in [0.15, 0.2) is 5.82 Å². The molecule has 1 aliphatic rings. The predicted octanol–water partition coefficient (Wildman–Crippen LogP) is 0.0629.